The molecule has 1 amide bonds. The van der Waals surface area contributed by atoms with Gasteiger partial charge >= 0.3 is 0 Å². The van der Waals surface area contributed by atoms with Crippen molar-refractivity contribution in [1.29, 1.82) is 0 Å². The number of carbonyl (C=O) groups is 1. The Labute approximate surface area is 124 Å². The number of rotatable bonds is 5. The lowest BCUT2D eigenvalue weighted by Crippen LogP contribution is -2.44. The molecule has 2 rings (SSSR count). The molecular formula is C16H23FN2O2. The van der Waals surface area contributed by atoms with Crippen molar-refractivity contribution in [2.24, 2.45) is 0 Å². The van der Waals surface area contributed by atoms with Gasteiger partial charge in [-0.1, -0.05) is 25.3 Å². The summed E-state index contributed by atoms with van der Waals surface area (Å²) in [6, 6.07) is 4.59. The largest absolute Gasteiger partial charge is 0.389 e. The molecule has 0 aliphatic heterocycles. The van der Waals surface area contributed by atoms with E-state index in [0.717, 1.165) is 37.7 Å². The van der Waals surface area contributed by atoms with Crippen molar-refractivity contribution in [3.63, 3.8) is 0 Å². The van der Waals surface area contributed by atoms with Crippen molar-refractivity contribution in [3.05, 3.63) is 29.6 Å². The van der Waals surface area contributed by atoms with Crippen molar-refractivity contribution < 1.29 is 14.3 Å². The Bertz CT molecular complexity index is 499. The van der Waals surface area contributed by atoms with E-state index in [1.807, 2.05) is 6.92 Å². The SMILES string of the molecule is Cc1ccc(F)c(NC(=O)CNCC2(O)CCCCC2)c1. The van der Waals surface area contributed by atoms with Crippen LogP contribution in [0.25, 0.3) is 0 Å². The predicted molar refractivity (Wildman–Crippen MR) is 80.7 cm³/mol. The summed E-state index contributed by atoms with van der Waals surface area (Å²) in [5, 5.41) is 15.8. The standard InChI is InChI=1S/C16H23FN2O2/c1-12-5-6-13(17)14(9-12)19-15(20)10-18-11-16(21)7-3-2-4-8-16/h5-6,9,18,21H,2-4,7-8,10-11H2,1H3,(H,19,20). The normalized spacial score (nSPS) is 17.5. The van der Waals surface area contributed by atoms with Crippen LogP contribution in [0, 0.1) is 12.7 Å². The number of benzene rings is 1. The van der Waals surface area contributed by atoms with E-state index in [4.69, 9.17) is 0 Å². The third-order valence-corrected chi connectivity index (χ3v) is 3.92. The van der Waals surface area contributed by atoms with Gasteiger partial charge in [0.2, 0.25) is 5.91 Å². The molecule has 1 aromatic carbocycles. The minimum atomic E-state index is -0.701. The number of hydrogen-bond acceptors (Lipinski definition) is 3. The summed E-state index contributed by atoms with van der Waals surface area (Å²) in [5.74, 6) is -0.751. The van der Waals surface area contributed by atoms with Gasteiger partial charge in [-0.05, 0) is 37.5 Å². The fourth-order valence-electron chi connectivity index (χ4n) is 2.72. The highest BCUT2D eigenvalue weighted by atomic mass is 19.1. The van der Waals surface area contributed by atoms with Crippen molar-refractivity contribution in [2.45, 2.75) is 44.6 Å². The summed E-state index contributed by atoms with van der Waals surface area (Å²) in [4.78, 5) is 11.8. The van der Waals surface area contributed by atoms with Crippen LogP contribution < -0.4 is 10.6 Å². The summed E-state index contributed by atoms with van der Waals surface area (Å²) in [6.45, 7) is 2.30. The summed E-state index contributed by atoms with van der Waals surface area (Å²) in [6.07, 6.45) is 4.76. The molecule has 116 valence electrons. The van der Waals surface area contributed by atoms with Crippen molar-refractivity contribution >= 4 is 11.6 Å². The van der Waals surface area contributed by atoms with Gasteiger partial charge in [-0.2, -0.15) is 0 Å². The van der Waals surface area contributed by atoms with Gasteiger partial charge in [0.1, 0.15) is 5.82 Å². The van der Waals surface area contributed by atoms with Gasteiger partial charge < -0.3 is 15.7 Å². The molecule has 1 aliphatic carbocycles. The lowest BCUT2D eigenvalue weighted by molar-refractivity contribution is -0.115. The first-order valence-corrected chi connectivity index (χ1v) is 7.48. The van der Waals surface area contributed by atoms with Crippen LogP contribution in [-0.2, 0) is 4.79 Å². The number of amides is 1. The Hall–Kier alpha value is -1.46. The van der Waals surface area contributed by atoms with Crippen molar-refractivity contribution in [3.8, 4) is 0 Å². The van der Waals surface area contributed by atoms with Crippen molar-refractivity contribution in [2.75, 3.05) is 18.4 Å². The molecule has 0 radical (unpaired) electrons. The number of anilines is 1. The van der Waals surface area contributed by atoms with Crippen LogP contribution >= 0.6 is 0 Å². The summed E-state index contributed by atoms with van der Waals surface area (Å²) >= 11 is 0. The van der Waals surface area contributed by atoms with E-state index in [-0.39, 0.29) is 18.1 Å². The molecule has 0 bridgehead atoms. The highest BCUT2D eigenvalue weighted by Crippen LogP contribution is 2.27. The third kappa shape index (κ3) is 4.79. The highest BCUT2D eigenvalue weighted by Gasteiger charge is 2.28. The van der Waals surface area contributed by atoms with Crippen LogP contribution in [0.15, 0.2) is 18.2 Å². The number of hydrogen-bond donors (Lipinski definition) is 3. The smallest absolute Gasteiger partial charge is 0.238 e. The van der Waals surface area contributed by atoms with Gasteiger partial charge in [-0.3, -0.25) is 4.79 Å². The molecule has 1 aromatic rings. The second kappa shape index (κ2) is 7.00. The maximum absolute atomic E-state index is 13.5. The summed E-state index contributed by atoms with van der Waals surface area (Å²) in [5.41, 5.74) is 0.377. The fourth-order valence-corrected chi connectivity index (χ4v) is 2.72. The van der Waals surface area contributed by atoms with E-state index in [1.165, 1.54) is 6.07 Å². The van der Waals surface area contributed by atoms with Crippen LogP contribution in [-0.4, -0.2) is 29.7 Å². The Kier molecular flexibility index (Phi) is 5.31. The number of nitrogens with one attached hydrogen (secondary N) is 2. The molecule has 1 saturated carbocycles. The summed E-state index contributed by atoms with van der Waals surface area (Å²) in [7, 11) is 0. The van der Waals surface area contributed by atoms with E-state index in [0.29, 0.717) is 6.54 Å². The Morgan fingerprint density at radius 3 is 2.76 bits per heavy atom. The Morgan fingerprint density at radius 2 is 2.05 bits per heavy atom. The number of halogens is 1. The number of aryl methyl sites for hydroxylation is 1. The molecule has 0 unspecified atom stereocenters. The molecule has 0 saturated heterocycles. The van der Waals surface area contributed by atoms with Crippen LogP contribution in [0.1, 0.15) is 37.7 Å². The maximum atomic E-state index is 13.5. The molecule has 1 fully saturated rings. The summed E-state index contributed by atoms with van der Waals surface area (Å²) < 4.78 is 13.5. The van der Waals surface area contributed by atoms with E-state index < -0.39 is 11.4 Å². The minimum absolute atomic E-state index is 0.0652. The zero-order valence-electron chi connectivity index (χ0n) is 12.4. The Morgan fingerprint density at radius 1 is 1.33 bits per heavy atom. The molecule has 0 spiro atoms. The van der Waals surface area contributed by atoms with Gasteiger partial charge in [0.15, 0.2) is 0 Å². The minimum Gasteiger partial charge on any atom is -0.389 e. The monoisotopic (exact) mass is 294 g/mol. The molecular weight excluding hydrogens is 271 g/mol. The molecule has 21 heavy (non-hydrogen) atoms. The van der Waals surface area contributed by atoms with Crippen molar-refractivity contribution in [1.82, 2.24) is 5.32 Å². The topological polar surface area (TPSA) is 61.4 Å². The van der Waals surface area contributed by atoms with E-state index in [2.05, 4.69) is 10.6 Å². The first kappa shape index (κ1) is 15.9. The highest BCUT2D eigenvalue weighted by molar-refractivity contribution is 5.92. The zero-order valence-corrected chi connectivity index (χ0v) is 12.4. The van der Waals surface area contributed by atoms with E-state index >= 15 is 0 Å². The molecule has 0 aromatic heterocycles. The first-order valence-electron chi connectivity index (χ1n) is 7.48. The second-order valence-corrected chi connectivity index (χ2v) is 5.92. The molecule has 0 atom stereocenters. The molecule has 3 N–H and O–H groups in total. The van der Waals surface area contributed by atoms with Gasteiger partial charge in [-0.25, -0.2) is 4.39 Å². The average Bonchev–Trinajstić information content (AvgIpc) is 2.43. The molecule has 4 nitrogen and oxygen atoms in total. The van der Waals surface area contributed by atoms with Gasteiger partial charge in [-0.15, -0.1) is 0 Å². The average molecular weight is 294 g/mol. The number of aliphatic hydroxyl groups is 1. The van der Waals surface area contributed by atoms with Gasteiger partial charge in [0, 0.05) is 6.54 Å². The van der Waals surface area contributed by atoms with Crippen LogP contribution in [0.2, 0.25) is 0 Å². The van der Waals surface area contributed by atoms with Gasteiger partial charge in [0.25, 0.3) is 0 Å². The predicted octanol–water partition coefficient (Wildman–Crippen LogP) is 2.36. The molecule has 5 heteroatoms. The van der Waals surface area contributed by atoms with E-state index in [1.54, 1.807) is 12.1 Å². The van der Waals surface area contributed by atoms with Crippen LogP contribution in [0.4, 0.5) is 10.1 Å². The molecule has 0 heterocycles. The maximum Gasteiger partial charge on any atom is 0.238 e. The fraction of sp³-hybridized carbons (Fsp3) is 0.562. The zero-order chi connectivity index (χ0) is 15.3. The molecule has 1 aliphatic rings. The van der Waals surface area contributed by atoms with Crippen LogP contribution in [0.5, 0.6) is 0 Å². The Balaban J connectivity index is 1.78. The quantitative estimate of drug-likeness (QED) is 0.781. The lowest BCUT2D eigenvalue weighted by atomic mass is 9.85. The van der Waals surface area contributed by atoms with E-state index in [9.17, 15) is 14.3 Å². The first-order chi connectivity index (χ1) is 9.98. The third-order valence-electron chi connectivity index (χ3n) is 3.92. The van der Waals surface area contributed by atoms with Gasteiger partial charge in [0.05, 0.1) is 17.8 Å². The van der Waals surface area contributed by atoms with Crippen LogP contribution in [0.3, 0.4) is 0 Å². The second-order valence-electron chi connectivity index (χ2n) is 5.92. The number of carbonyl (C=O) groups excluding carboxylic acids is 1. The lowest BCUT2D eigenvalue weighted by Gasteiger charge is -2.32.